The normalized spacial score (nSPS) is 18.5. The molecule has 0 bridgehead atoms. The van der Waals surface area contributed by atoms with Gasteiger partial charge in [-0.2, -0.15) is 0 Å². The van der Waals surface area contributed by atoms with Gasteiger partial charge in [0.05, 0.1) is 21.7 Å². The highest BCUT2D eigenvalue weighted by atomic mass is 35.5. The summed E-state index contributed by atoms with van der Waals surface area (Å²) in [6.07, 6.45) is 1.03. The number of carbonyl (C=O) groups is 2. The molecule has 2 aromatic rings. The zero-order valence-corrected chi connectivity index (χ0v) is 18.9. The Morgan fingerprint density at radius 2 is 1.73 bits per heavy atom. The van der Waals surface area contributed by atoms with E-state index in [9.17, 15) is 14.7 Å². The first-order valence-corrected chi connectivity index (χ1v) is 10.5. The lowest BCUT2D eigenvalue weighted by molar-refractivity contribution is 0.0202. The molecule has 1 unspecified atom stereocenters. The van der Waals surface area contributed by atoms with Crippen LogP contribution in [0.1, 0.15) is 72.6 Å². The number of hydrogen-bond donors (Lipinski definition) is 1. The third kappa shape index (κ3) is 4.73. The number of ether oxygens (including phenoxy) is 1. The first-order valence-electron chi connectivity index (χ1n) is 9.76. The summed E-state index contributed by atoms with van der Waals surface area (Å²) in [7, 11) is 1.72. The van der Waals surface area contributed by atoms with Crippen molar-refractivity contribution in [3.8, 4) is 0 Å². The third-order valence-corrected chi connectivity index (χ3v) is 6.03. The molecule has 2 aromatic carbocycles. The highest BCUT2D eigenvalue weighted by Crippen LogP contribution is 2.44. The van der Waals surface area contributed by atoms with Gasteiger partial charge in [0, 0.05) is 13.0 Å². The van der Waals surface area contributed by atoms with Gasteiger partial charge in [-0.25, -0.2) is 9.59 Å². The van der Waals surface area contributed by atoms with Crippen LogP contribution < -0.4 is 0 Å². The quantitative estimate of drug-likeness (QED) is 0.578. The van der Waals surface area contributed by atoms with Crippen molar-refractivity contribution >= 4 is 35.3 Å². The highest BCUT2D eigenvalue weighted by molar-refractivity contribution is 6.42. The second kappa shape index (κ2) is 8.48. The minimum absolute atomic E-state index is 0.0441. The summed E-state index contributed by atoms with van der Waals surface area (Å²) >= 11 is 12.3. The number of halogens is 2. The van der Waals surface area contributed by atoms with Crippen LogP contribution in [0.3, 0.4) is 0 Å². The lowest BCUT2D eigenvalue weighted by atomic mass is 9.76. The second-order valence-electron chi connectivity index (χ2n) is 8.56. The van der Waals surface area contributed by atoms with Gasteiger partial charge >= 0.3 is 12.1 Å². The van der Waals surface area contributed by atoms with Crippen LogP contribution in [-0.2, 0) is 4.74 Å². The molecule has 7 heteroatoms. The number of aromatic carboxylic acids is 1. The van der Waals surface area contributed by atoms with Crippen LogP contribution in [0.25, 0.3) is 0 Å². The van der Waals surface area contributed by atoms with E-state index in [0.717, 1.165) is 23.1 Å². The Balaban J connectivity index is 2.03. The Labute approximate surface area is 186 Å². The fraction of sp³-hybridized carbons (Fsp3) is 0.391. The summed E-state index contributed by atoms with van der Waals surface area (Å²) in [5.74, 6) is -1.04. The van der Waals surface area contributed by atoms with Crippen LogP contribution >= 0.6 is 23.2 Å². The maximum absolute atomic E-state index is 12.7. The predicted molar refractivity (Wildman–Crippen MR) is 118 cm³/mol. The minimum Gasteiger partial charge on any atom is -0.478 e. The van der Waals surface area contributed by atoms with Crippen molar-refractivity contribution in [2.45, 2.75) is 51.2 Å². The number of carbonyl (C=O) groups excluding carboxylic acids is 1. The van der Waals surface area contributed by atoms with Gasteiger partial charge in [-0.05, 0) is 74.6 Å². The minimum atomic E-state index is -0.992. The van der Waals surface area contributed by atoms with Gasteiger partial charge in [-0.15, -0.1) is 0 Å². The van der Waals surface area contributed by atoms with Crippen LogP contribution in [0.2, 0.25) is 10.0 Å². The topological polar surface area (TPSA) is 66.8 Å². The molecule has 0 radical (unpaired) electrons. The molecule has 1 aliphatic carbocycles. The fourth-order valence-corrected chi connectivity index (χ4v) is 4.19. The number of carboxylic acid groups (broad SMARTS) is 1. The standard InChI is InChI=1S/C23H25Cl2NO4/c1-23(2,3)30-22(29)26(4)20-10-8-15(13-6-9-18(24)19(25)12-13)17-11-14(21(27)28)5-7-16(17)20/h5-7,9,11-12,15,20H,8,10H2,1-4H3,(H,27,28)/t15?,20-/m0/s1. The van der Waals surface area contributed by atoms with Crippen LogP contribution in [0.5, 0.6) is 0 Å². The Bertz CT molecular complexity index is 984. The number of carboxylic acids is 1. The zero-order valence-electron chi connectivity index (χ0n) is 17.4. The molecule has 0 spiro atoms. The molecule has 30 heavy (non-hydrogen) atoms. The van der Waals surface area contributed by atoms with E-state index in [1.54, 1.807) is 36.2 Å². The van der Waals surface area contributed by atoms with Crippen LogP contribution in [0.15, 0.2) is 36.4 Å². The van der Waals surface area contributed by atoms with E-state index in [1.165, 1.54) is 0 Å². The van der Waals surface area contributed by atoms with Crippen molar-refractivity contribution in [2.75, 3.05) is 7.05 Å². The summed E-state index contributed by atoms with van der Waals surface area (Å²) in [5.41, 5.74) is 2.36. The first kappa shape index (κ1) is 22.4. The molecule has 1 amide bonds. The smallest absolute Gasteiger partial charge is 0.410 e. The van der Waals surface area contributed by atoms with E-state index in [2.05, 4.69) is 0 Å². The predicted octanol–water partition coefficient (Wildman–Crippen LogP) is 6.53. The summed E-state index contributed by atoms with van der Waals surface area (Å²) in [5, 5.41) is 10.4. The Hall–Kier alpha value is -2.24. The number of rotatable bonds is 3. The molecule has 160 valence electrons. The number of nitrogens with zero attached hydrogens (tertiary/aromatic N) is 1. The number of hydrogen-bond acceptors (Lipinski definition) is 3. The lowest BCUT2D eigenvalue weighted by Gasteiger charge is -2.37. The molecule has 0 heterocycles. The largest absolute Gasteiger partial charge is 0.478 e. The first-order chi connectivity index (χ1) is 14.0. The molecule has 1 N–H and O–H groups in total. The monoisotopic (exact) mass is 449 g/mol. The average molecular weight is 450 g/mol. The molecular formula is C23H25Cl2NO4. The van der Waals surface area contributed by atoms with Crippen LogP contribution in [-0.4, -0.2) is 34.7 Å². The van der Waals surface area contributed by atoms with E-state index in [-0.39, 0.29) is 17.5 Å². The maximum atomic E-state index is 12.7. The molecule has 1 aliphatic rings. The lowest BCUT2D eigenvalue weighted by Crippen LogP contribution is -2.38. The van der Waals surface area contributed by atoms with E-state index in [1.807, 2.05) is 32.9 Å². The van der Waals surface area contributed by atoms with Gasteiger partial charge in [0.25, 0.3) is 0 Å². The molecule has 2 atom stereocenters. The van der Waals surface area contributed by atoms with Gasteiger partial charge in [0.1, 0.15) is 5.60 Å². The van der Waals surface area contributed by atoms with E-state index in [4.69, 9.17) is 27.9 Å². The van der Waals surface area contributed by atoms with E-state index in [0.29, 0.717) is 16.5 Å². The van der Waals surface area contributed by atoms with Crippen molar-refractivity contribution in [3.05, 3.63) is 68.7 Å². The Morgan fingerprint density at radius 3 is 2.33 bits per heavy atom. The van der Waals surface area contributed by atoms with Crippen molar-refractivity contribution in [2.24, 2.45) is 0 Å². The van der Waals surface area contributed by atoms with E-state index < -0.39 is 17.7 Å². The molecule has 0 saturated heterocycles. The van der Waals surface area contributed by atoms with Crippen molar-refractivity contribution in [3.63, 3.8) is 0 Å². The maximum Gasteiger partial charge on any atom is 0.410 e. The van der Waals surface area contributed by atoms with Crippen molar-refractivity contribution in [1.29, 1.82) is 0 Å². The van der Waals surface area contributed by atoms with Gasteiger partial charge in [0.15, 0.2) is 0 Å². The van der Waals surface area contributed by atoms with E-state index >= 15 is 0 Å². The molecule has 0 aliphatic heterocycles. The van der Waals surface area contributed by atoms with Crippen LogP contribution in [0.4, 0.5) is 4.79 Å². The van der Waals surface area contributed by atoms with Gasteiger partial charge in [-0.1, -0.05) is 35.3 Å². The SMILES string of the molecule is CN(C(=O)OC(C)(C)C)[C@H]1CCC(c2ccc(Cl)c(Cl)c2)c2cc(C(=O)O)ccc21. The summed E-state index contributed by atoms with van der Waals surface area (Å²) in [6.45, 7) is 5.48. The molecule has 0 saturated carbocycles. The molecule has 3 rings (SSSR count). The Morgan fingerprint density at radius 1 is 1.03 bits per heavy atom. The van der Waals surface area contributed by atoms with Crippen molar-refractivity contribution in [1.82, 2.24) is 4.90 Å². The number of benzene rings is 2. The average Bonchev–Trinajstić information content (AvgIpc) is 2.67. The number of amides is 1. The third-order valence-electron chi connectivity index (χ3n) is 5.29. The van der Waals surface area contributed by atoms with Gasteiger partial charge in [-0.3, -0.25) is 0 Å². The molecule has 0 fully saturated rings. The summed E-state index contributed by atoms with van der Waals surface area (Å²) < 4.78 is 5.53. The van der Waals surface area contributed by atoms with Crippen molar-refractivity contribution < 1.29 is 19.4 Å². The summed E-state index contributed by atoms with van der Waals surface area (Å²) in [6, 6.07) is 10.3. The molecular weight excluding hydrogens is 425 g/mol. The number of fused-ring (bicyclic) bond motifs is 1. The molecule has 5 nitrogen and oxygen atoms in total. The molecule has 0 aromatic heterocycles. The zero-order chi connectivity index (χ0) is 22.2. The Kier molecular flexibility index (Phi) is 6.34. The van der Waals surface area contributed by atoms with Crippen LogP contribution in [0, 0.1) is 0 Å². The summed E-state index contributed by atoms with van der Waals surface area (Å²) in [4.78, 5) is 25.8. The fourth-order valence-electron chi connectivity index (χ4n) is 3.89. The van der Waals surface area contributed by atoms with Gasteiger partial charge < -0.3 is 14.7 Å². The highest BCUT2D eigenvalue weighted by Gasteiger charge is 2.34. The van der Waals surface area contributed by atoms with Gasteiger partial charge in [0.2, 0.25) is 0 Å². The second-order valence-corrected chi connectivity index (χ2v) is 9.37.